The number of carbonyl (C=O) groups is 2. The summed E-state index contributed by atoms with van der Waals surface area (Å²) in [4.78, 5) is 24.5. The molecule has 0 saturated heterocycles. The molecule has 0 bridgehead atoms. The van der Waals surface area contributed by atoms with Crippen molar-refractivity contribution in [3.05, 3.63) is 69.2 Å². The monoisotopic (exact) mass is 485 g/mol. The van der Waals surface area contributed by atoms with Crippen molar-refractivity contribution in [3.63, 3.8) is 0 Å². The summed E-state index contributed by atoms with van der Waals surface area (Å²) in [5.41, 5.74) is 2.00. The zero-order valence-electron chi connectivity index (χ0n) is 16.3. The third-order valence-electron chi connectivity index (χ3n) is 4.43. The van der Waals surface area contributed by atoms with Crippen LogP contribution in [0, 0.1) is 11.3 Å². The highest BCUT2D eigenvalue weighted by Gasteiger charge is 2.29. The summed E-state index contributed by atoms with van der Waals surface area (Å²) in [7, 11) is 0. The molecule has 154 valence electrons. The minimum atomic E-state index is -0.350. The van der Waals surface area contributed by atoms with Crippen molar-refractivity contribution >= 4 is 45.2 Å². The fraction of sp³-hybridized carbons (Fsp3) is 0.227. The van der Waals surface area contributed by atoms with Gasteiger partial charge in [-0.3, -0.25) is 9.59 Å². The van der Waals surface area contributed by atoms with E-state index in [1.54, 1.807) is 12.1 Å². The fourth-order valence-corrected chi connectivity index (χ4v) is 4.19. The Morgan fingerprint density at radius 3 is 2.60 bits per heavy atom. The average molecular weight is 486 g/mol. The highest BCUT2D eigenvalue weighted by atomic mass is 79.9. The summed E-state index contributed by atoms with van der Waals surface area (Å²) in [6, 6.07) is 16.9. The molecular formula is C22H20BrN3O3S. The zero-order chi connectivity index (χ0) is 21.5. The van der Waals surface area contributed by atoms with Gasteiger partial charge in [-0.25, -0.2) is 0 Å². The fourth-order valence-electron chi connectivity index (χ4n) is 3.05. The predicted octanol–water partition coefficient (Wildman–Crippen LogP) is 4.56. The highest BCUT2D eigenvalue weighted by molar-refractivity contribution is 9.10. The molecule has 0 fully saturated rings. The molecule has 0 spiro atoms. The summed E-state index contributed by atoms with van der Waals surface area (Å²) in [6.45, 7) is 2.48. The number of hydrogen-bond donors (Lipinski definition) is 2. The van der Waals surface area contributed by atoms with Gasteiger partial charge in [0.1, 0.15) is 5.75 Å². The average Bonchev–Trinajstić information content (AvgIpc) is 2.74. The van der Waals surface area contributed by atoms with E-state index in [-0.39, 0.29) is 29.9 Å². The second-order valence-corrected chi connectivity index (χ2v) is 8.41. The number of nitriles is 1. The van der Waals surface area contributed by atoms with Crippen LogP contribution in [0.15, 0.2) is 63.6 Å². The van der Waals surface area contributed by atoms with E-state index in [0.29, 0.717) is 22.9 Å². The smallest absolute Gasteiger partial charge is 0.234 e. The molecule has 2 amide bonds. The molecule has 1 aliphatic rings. The molecule has 0 radical (unpaired) electrons. The Morgan fingerprint density at radius 1 is 1.27 bits per heavy atom. The molecule has 6 nitrogen and oxygen atoms in total. The van der Waals surface area contributed by atoms with Gasteiger partial charge < -0.3 is 15.4 Å². The predicted molar refractivity (Wildman–Crippen MR) is 121 cm³/mol. The second kappa shape index (κ2) is 10.3. The lowest BCUT2D eigenvalue weighted by atomic mass is 9.87. The molecule has 30 heavy (non-hydrogen) atoms. The molecule has 3 rings (SSSR count). The summed E-state index contributed by atoms with van der Waals surface area (Å²) in [5, 5.41) is 15.7. The Balaban J connectivity index is 1.72. The minimum absolute atomic E-state index is 0.0762. The van der Waals surface area contributed by atoms with Gasteiger partial charge in [-0.15, -0.1) is 0 Å². The number of benzene rings is 2. The van der Waals surface area contributed by atoms with Gasteiger partial charge >= 0.3 is 0 Å². The number of hydrogen-bond acceptors (Lipinski definition) is 5. The van der Waals surface area contributed by atoms with Crippen LogP contribution >= 0.6 is 27.7 Å². The Labute approximate surface area is 187 Å². The molecule has 1 heterocycles. The van der Waals surface area contributed by atoms with Crippen molar-refractivity contribution in [1.82, 2.24) is 5.32 Å². The number of amides is 2. The summed E-state index contributed by atoms with van der Waals surface area (Å²) < 4.78 is 6.38. The van der Waals surface area contributed by atoms with Crippen LogP contribution in [-0.4, -0.2) is 24.2 Å². The van der Waals surface area contributed by atoms with Crippen molar-refractivity contribution in [3.8, 4) is 11.8 Å². The molecule has 2 aromatic rings. The van der Waals surface area contributed by atoms with E-state index >= 15 is 0 Å². The van der Waals surface area contributed by atoms with E-state index in [1.807, 2.05) is 43.3 Å². The number of carbonyl (C=O) groups excluding carboxylic acids is 2. The first-order valence-electron chi connectivity index (χ1n) is 9.35. The van der Waals surface area contributed by atoms with Crippen LogP contribution < -0.4 is 15.4 Å². The SMILES string of the molecule is CCOc1ccc([C@@H]2CC(=O)NC(SCC(=O)Nc3ccc(Br)cc3)=C2C#N)cc1. The first kappa shape index (κ1) is 21.9. The maximum atomic E-state index is 12.3. The topological polar surface area (TPSA) is 91.2 Å². The number of halogens is 1. The Hall–Kier alpha value is -2.76. The summed E-state index contributed by atoms with van der Waals surface area (Å²) in [5.74, 6) is 0.0697. The number of thioether (sulfide) groups is 1. The molecule has 0 aromatic heterocycles. The minimum Gasteiger partial charge on any atom is -0.494 e. The summed E-state index contributed by atoms with van der Waals surface area (Å²) in [6.07, 6.45) is 0.187. The molecule has 1 aliphatic heterocycles. The number of ether oxygens (including phenoxy) is 1. The quantitative estimate of drug-likeness (QED) is 0.599. The number of nitrogens with zero attached hydrogens (tertiary/aromatic N) is 1. The second-order valence-electron chi connectivity index (χ2n) is 6.51. The van der Waals surface area contributed by atoms with Crippen LogP contribution in [0.2, 0.25) is 0 Å². The van der Waals surface area contributed by atoms with Crippen LogP contribution in [0.1, 0.15) is 24.8 Å². The number of anilines is 1. The molecule has 0 unspecified atom stereocenters. The van der Waals surface area contributed by atoms with Gasteiger partial charge in [-0.05, 0) is 48.9 Å². The lowest BCUT2D eigenvalue weighted by molar-refractivity contribution is -0.121. The number of allylic oxidation sites excluding steroid dienone is 1. The molecule has 0 saturated carbocycles. The van der Waals surface area contributed by atoms with E-state index < -0.39 is 0 Å². The van der Waals surface area contributed by atoms with Crippen molar-refractivity contribution < 1.29 is 14.3 Å². The third-order valence-corrected chi connectivity index (χ3v) is 5.97. The molecule has 0 aliphatic carbocycles. The third kappa shape index (κ3) is 5.65. The zero-order valence-corrected chi connectivity index (χ0v) is 18.7. The standard InChI is InChI=1S/C22H20BrN3O3S/c1-2-29-17-9-3-14(4-10-17)18-11-20(27)26-22(19(18)12-24)30-13-21(28)25-16-7-5-15(23)6-8-16/h3-10,18H,2,11,13H2,1H3,(H,25,28)(H,26,27)/t18-/m0/s1. The molecule has 8 heteroatoms. The van der Waals surface area contributed by atoms with Gasteiger partial charge in [0.15, 0.2) is 0 Å². The van der Waals surface area contributed by atoms with Gasteiger partial charge in [0.05, 0.1) is 29.0 Å². The maximum absolute atomic E-state index is 12.3. The van der Waals surface area contributed by atoms with Crippen LogP contribution in [0.3, 0.4) is 0 Å². The number of nitrogens with one attached hydrogen (secondary N) is 2. The van der Waals surface area contributed by atoms with Crippen molar-refractivity contribution in [2.45, 2.75) is 19.3 Å². The van der Waals surface area contributed by atoms with Gasteiger partial charge in [0.2, 0.25) is 11.8 Å². The van der Waals surface area contributed by atoms with Gasteiger partial charge in [0, 0.05) is 22.5 Å². The lowest BCUT2D eigenvalue weighted by Crippen LogP contribution is -2.31. The highest BCUT2D eigenvalue weighted by Crippen LogP contribution is 2.36. The molecule has 1 atom stereocenters. The van der Waals surface area contributed by atoms with E-state index in [2.05, 4.69) is 32.6 Å². The Kier molecular flexibility index (Phi) is 7.55. The lowest BCUT2D eigenvalue weighted by Gasteiger charge is -2.25. The first-order valence-corrected chi connectivity index (χ1v) is 11.1. The van der Waals surface area contributed by atoms with Gasteiger partial charge in [-0.1, -0.05) is 39.8 Å². The molecule has 2 N–H and O–H groups in total. The van der Waals surface area contributed by atoms with E-state index in [9.17, 15) is 14.9 Å². The van der Waals surface area contributed by atoms with Crippen molar-refractivity contribution in [2.75, 3.05) is 17.7 Å². The van der Waals surface area contributed by atoms with Crippen LogP contribution in [0.4, 0.5) is 5.69 Å². The first-order chi connectivity index (χ1) is 14.5. The van der Waals surface area contributed by atoms with Gasteiger partial charge in [-0.2, -0.15) is 5.26 Å². The Bertz CT molecular complexity index is 998. The van der Waals surface area contributed by atoms with Crippen LogP contribution in [0.5, 0.6) is 5.75 Å². The van der Waals surface area contributed by atoms with Crippen molar-refractivity contribution in [2.24, 2.45) is 0 Å². The van der Waals surface area contributed by atoms with Crippen LogP contribution in [-0.2, 0) is 9.59 Å². The van der Waals surface area contributed by atoms with Crippen molar-refractivity contribution in [1.29, 1.82) is 5.26 Å². The largest absolute Gasteiger partial charge is 0.494 e. The molecular weight excluding hydrogens is 466 g/mol. The maximum Gasteiger partial charge on any atom is 0.234 e. The van der Waals surface area contributed by atoms with E-state index in [0.717, 1.165) is 27.5 Å². The summed E-state index contributed by atoms with van der Waals surface area (Å²) >= 11 is 4.50. The van der Waals surface area contributed by atoms with Crippen LogP contribution in [0.25, 0.3) is 0 Å². The van der Waals surface area contributed by atoms with E-state index in [4.69, 9.17) is 4.74 Å². The number of rotatable bonds is 7. The van der Waals surface area contributed by atoms with Gasteiger partial charge in [0.25, 0.3) is 0 Å². The van der Waals surface area contributed by atoms with E-state index in [1.165, 1.54) is 0 Å². The normalized spacial score (nSPS) is 15.9. The molecule has 2 aromatic carbocycles. The Morgan fingerprint density at radius 2 is 1.97 bits per heavy atom.